The van der Waals surface area contributed by atoms with Crippen molar-refractivity contribution in [1.29, 1.82) is 0 Å². The number of carbonyl (C=O) groups excluding carboxylic acids is 1. The zero-order chi connectivity index (χ0) is 12.7. The Bertz CT molecular complexity index is 369. The number of rotatable bonds is 5. The van der Waals surface area contributed by atoms with Gasteiger partial charge in [0.15, 0.2) is 0 Å². The molecule has 0 unspecified atom stereocenters. The highest BCUT2D eigenvalue weighted by Gasteiger charge is 2.10. The Morgan fingerprint density at radius 2 is 2.12 bits per heavy atom. The number of nitrogens with zero attached hydrogens (tertiary/aromatic N) is 1. The molecule has 0 spiro atoms. The maximum Gasteiger partial charge on any atom is 0.415 e. The molecule has 17 heavy (non-hydrogen) atoms. The zero-order valence-corrected chi connectivity index (χ0v) is 10.2. The molecule has 5 nitrogen and oxygen atoms in total. The molecule has 0 radical (unpaired) electrons. The van der Waals surface area contributed by atoms with E-state index in [0.29, 0.717) is 31.2 Å². The summed E-state index contributed by atoms with van der Waals surface area (Å²) in [5.41, 5.74) is 5.35. The van der Waals surface area contributed by atoms with Gasteiger partial charge in [0.25, 0.3) is 0 Å². The van der Waals surface area contributed by atoms with Crippen LogP contribution in [0.3, 0.4) is 0 Å². The fraction of sp³-hybridized carbons (Fsp3) is 0.417. The Labute approximate surface area is 101 Å². The maximum atomic E-state index is 11.6. The largest absolute Gasteiger partial charge is 0.494 e. The summed E-state index contributed by atoms with van der Waals surface area (Å²) in [6.07, 6.45) is -0.427. The number of hydrogen-bond donors (Lipinski definition) is 1. The summed E-state index contributed by atoms with van der Waals surface area (Å²) in [7, 11) is 1.64. The second-order valence-electron chi connectivity index (χ2n) is 3.49. The second kappa shape index (κ2) is 6.75. The van der Waals surface area contributed by atoms with E-state index in [1.165, 1.54) is 4.90 Å². The molecule has 0 aliphatic heterocycles. The van der Waals surface area contributed by atoms with Gasteiger partial charge in [0.2, 0.25) is 0 Å². The third-order valence-electron chi connectivity index (χ3n) is 2.10. The van der Waals surface area contributed by atoms with Crippen LogP contribution in [-0.2, 0) is 0 Å². The standard InChI is InChI=1S/C12H18N2O3/c1-3-16-10-5-4-6-11(9-10)17-12(15)14(2)8-7-13/h4-6,9H,3,7-8,13H2,1-2H3. The zero-order valence-electron chi connectivity index (χ0n) is 10.2. The fourth-order valence-corrected chi connectivity index (χ4v) is 1.26. The van der Waals surface area contributed by atoms with Crippen LogP contribution in [0.1, 0.15) is 6.92 Å². The minimum Gasteiger partial charge on any atom is -0.494 e. The first kappa shape index (κ1) is 13.3. The molecule has 0 fully saturated rings. The van der Waals surface area contributed by atoms with E-state index < -0.39 is 6.09 Å². The summed E-state index contributed by atoms with van der Waals surface area (Å²) in [6.45, 7) is 3.34. The summed E-state index contributed by atoms with van der Waals surface area (Å²) in [6, 6.07) is 6.97. The molecule has 0 aliphatic carbocycles. The molecule has 1 aromatic carbocycles. The predicted octanol–water partition coefficient (Wildman–Crippen LogP) is 1.47. The molecule has 1 aromatic rings. The van der Waals surface area contributed by atoms with Gasteiger partial charge in [0, 0.05) is 26.2 Å². The lowest BCUT2D eigenvalue weighted by Crippen LogP contribution is -2.33. The first-order valence-electron chi connectivity index (χ1n) is 5.53. The SMILES string of the molecule is CCOc1cccc(OC(=O)N(C)CCN)c1. The van der Waals surface area contributed by atoms with Crippen molar-refractivity contribution in [2.75, 3.05) is 26.7 Å². The minimum atomic E-state index is -0.427. The van der Waals surface area contributed by atoms with Crippen LogP contribution < -0.4 is 15.2 Å². The monoisotopic (exact) mass is 238 g/mol. The van der Waals surface area contributed by atoms with Crippen molar-refractivity contribution in [2.24, 2.45) is 5.73 Å². The van der Waals surface area contributed by atoms with Gasteiger partial charge >= 0.3 is 6.09 Å². The van der Waals surface area contributed by atoms with Crippen LogP contribution in [0.15, 0.2) is 24.3 Å². The van der Waals surface area contributed by atoms with Crippen LogP contribution >= 0.6 is 0 Å². The van der Waals surface area contributed by atoms with Crippen LogP contribution in [-0.4, -0.2) is 37.7 Å². The van der Waals surface area contributed by atoms with E-state index in [2.05, 4.69) is 0 Å². The van der Waals surface area contributed by atoms with Crippen molar-refractivity contribution in [3.63, 3.8) is 0 Å². The number of ether oxygens (including phenoxy) is 2. The first-order chi connectivity index (χ1) is 8.17. The average molecular weight is 238 g/mol. The highest BCUT2D eigenvalue weighted by Crippen LogP contribution is 2.19. The van der Waals surface area contributed by atoms with E-state index in [1.54, 1.807) is 25.2 Å². The number of carbonyl (C=O) groups is 1. The van der Waals surface area contributed by atoms with Crippen molar-refractivity contribution < 1.29 is 14.3 Å². The van der Waals surface area contributed by atoms with Crippen LogP contribution in [0.4, 0.5) is 4.79 Å². The number of likely N-dealkylation sites (N-methyl/N-ethyl adjacent to an activating group) is 1. The molecular weight excluding hydrogens is 220 g/mol. The van der Waals surface area contributed by atoms with Crippen LogP contribution in [0.5, 0.6) is 11.5 Å². The van der Waals surface area contributed by atoms with Crippen molar-refractivity contribution in [3.05, 3.63) is 24.3 Å². The smallest absolute Gasteiger partial charge is 0.415 e. The van der Waals surface area contributed by atoms with Gasteiger partial charge in [0.05, 0.1) is 6.61 Å². The second-order valence-corrected chi connectivity index (χ2v) is 3.49. The highest BCUT2D eigenvalue weighted by molar-refractivity contribution is 5.70. The van der Waals surface area contributed by atoms with E-state index in [-0.39, 0.29) is 0 Å². The molecule has 0 heterocycles. The Kier molecular flexibility index (Phi) is 5.29. The highest BCUT2D eigenvalue weighted by atomic mass is 16.6. The van der Waals surface area contributed by atoms with Crippen molar-refractivity contribution in [1.82, 2.24) is 4.90 Å². The number of nitrogens with two attached hydrogens (primary N) is 1. The van der Waals surface area contributed by atoms with E-state index in [1.807, 2.05) is 13.0 Å². The molecule has 0 saturated carbocycles. The Hall–Kier alpha value is -1.75. The summed E-state index contributed by atoms with van der Waals surface area (Å²) in [5.74, 6) is 1.14. The van der Waals surface area contributed by atoms with E-state index in [9.17, 15) is 4.79 Å². The quantitative estimate of drug-likeness (QED) is 0.843. The van der Waals surface area contributed by atoms with Crippen molar-refractivity contribution >= 4 is 6.09 Å². The summed E-state index contributed by atoms with van der Waals surface area (Å²) in [4.78, 5) is 13.0. The molecule has 0 atom stereocenters. The van der Waals surface area contributed by atoms with Gasteiger partial charge in [-0.05, 0) is 19.1 Å². The molecule has 1 amide bonds. The van der Waals surface area contributed by atoms with E-state index >= 15 is 0 Å². The van der Waals surface area contributed by atoms with E-state index in [0.717, 1.165) is 0 Å². The number of hydrogen-bond acceptors (Lipinski definition) is 4. The van der Waals surface area contributed by atoms with Crippen LogP contribution in [0, 0.1) is 0 Å². The third-order valence-corrected chi connectivity index (χ3v) is 2.10. The molecule has 2 N–H and O–H groups in total. The summed E-state index contributed by atoms with van der Waals surface area (Å²) in [5, 5.41) is 0. The lowest BCUT2D eigenvalue weighted by atomic mass is 10.3. The van der Waals surface area contributed by atoms with Gasteiger partial charge in [-0.3, -0.25) is 0 Å². The average Bonchev–Trinajstić information content (AvgIpc) is 2.30. The Morgan fingerprint density at radius 3 is 2.76 bits per heavy atom. The molecule has 0 aliphatic rings. The van der Waals surface area contributed by atoms with Gasteiger partial charge in [-0.1, -0.05) is 6.07 Å². The first-order valence-corrected chi connectivity index (χ1v) is 5.53. The molecule has 5 heteroatoms. The fourth-order valence-electron chi connectivity index (χ4n) is 1.26. The normalized spacial score (nSPS) is 9.82. The molecule has 0 aromatic heterocycles. The summed E-state index contributed by atoms with van der Waals surface area (Å²) >= 11 is 0. The summed E-state index contributed by atoms with van der Waals surface area (Å²) < 4.78 is 10.5. The minimum absolute atomic E-state index is 0.407. The van der Waals surface area contributed by atoms with Gasteiger partial charge in [-0.25, -0.2) is 4.79 Å². The van der Waals surface area contributed by atoms with Gasteiger partial charge < -0.3 is 20.1 Å². The molecule has 1 rings (SSSR count). The maximum absolute atomic E-state index is 11.6. The third kappa shape index (κ3) is 4.32. The molecular formula is C12H18N2O3. The van der Waals surface area contributed by atoms with Gasteiger partial charge in [-0.15, -0.1) is 0 Å². The lowest BCUT2D eigenvalue weighted by Gasteiger charge is -2.15. The predicted molar refractivity (Wildman–Crippen MR) is 65.3 cm³/mol. The van der Waals surface area contributed by atoms with Crippen molar-refractivity contribution in [2.45, 2.75) is 6.92 Å². The Morgan fingerprint density at radius 1 is 1.41 bits per heavy atom. The number of benzene rings is 1. The number of amides is 1. The molecule has 94 valence electrons. The molecule has 0 bridgehead atoms. The van der Waals surface area contributed by atoms with Crippen molar-refractivity contribution in [3.8, 4) is 11.5 Å². The van der Waals surface area contributed by atoms with E-state index in [4.69, 9.17) is 15.2 Å². The van der Waals surface area contributed by atoms with Crippen LogP contribution in [0.25, 0.3) is 0 Å². The van der Waals surface area contributed by atoms with Gasteiger partial charge in [-0.2, -0.15) is 0 Å². The lowest BCUT2D eigenvalue weighted by molar-refractivity contribution is 0.164. The van der Waals surface area contributed by atoms with Gasteiger partial charge in [0.1, 0.15) is 11.5 Å². The topological polar surface area (TPSA) is 64.8 Å². The van der Waals surface area contributed by atoms with Crippen LogP contribution in [0.2, 0.25) is 0 Å². The Balaban J connectivity index is 2.61. The molecule has 0 saturated heterocycles.